The van der Waals surface area contributed by atoms with Crippen LogP contribution in [0, 0.1) is 6.92 Å². The van der Waals surface area contributed by atoms with Crippen molar-refractivity contribution in [2.75, 3.05) is 14.2 Å². The summed E-state index contributed by atoms with van der Waals surface area (Å²) in [6.07, 6.45) is 0. The molecule has 0 fully saturated rings. The van der Waals surface area contributed by atoms with E-state index in [1.807, 2.05) is 61.5 Å². The lowest BCUT2D eigenvalue weighted by molar-refractivity contribution is 0.0954. The highest BCUT2D eigenvalue weighted by atomic mass is 32.1. The molecule has 0 aliphatic heterocycles. The molecule has 1 heterocycles. The number of methoxy groups -OCH3 is 2. The van der Waals surface area contributed by atoms with Crippen LogP contribution in [0.25, 0.3) is 11.1 Å². The molecule has 0 unspecified atom stereocenters. The fourth-order valence-corrected chi connectivity index (χ4v) is 3.72. The number of rotatable bonds is 6. The van der Waals surface area contributed by atoms with E-state index in [1.165, 1.54) is 11.3 Å². The number of hydrogen-bond acceptors (Lipinski definition) is 4. The summed E-state index contributed by atoms with van der Waals surface area (Å²) in [6.45, 7) is 2.46. The van der Waals surface area contributed by atoms with E-state index in [1.54, 1.807) is 14.2 Å². The Morgan fingerprint density at radius 2 is 1.77 bits per heavy atom. The molecule has 26 heavy (non-hydrogen) atoms. The predicted octanol–water partition coefficient (Wildman–Crippen LogP) is 4.67. The molecule has 2 aromatic carbocycles. The van der Waals surface area contributed by atoms with Crippen molar-refractivity contribution in [3.05, 3.63) is 69.9 Å². The number of carbonyl (C=O) groups excluding carboxylic acids is 1. The number of benzene rings is 2. The van der Waals surface area contributed by atoms with Crippen LogP contribution >= 0.6 is 11.3 Å². The summed E-state index contributed by atoms with van der Waals surface area (Å²) < 4.78 is 10.5. The Morgan fingerprint density at radius 1 is 1.04 bits per heavy atom. The minimum atomic E-state index is -0.0798. The Labute approximate surface area is 157 Å². The Balaban J connectivity index is 1.74. The summed E-state index contributed by atoms with van der Waals surface area (Å²) in [5, 5.41) is 2.97. The molecule has 3 aromatic rings. The number of thiophene rings is 1. The Bertz CT molecular complexity index is 900. The Kier molecular flexibility index (Phi) is 5.58. The van der Waals surface area contributed by atoms with E-state index in [9.17, 15) is 4.79 Å². The first-order valence-electron chi connectivity index (χ1n) is 8.27. The van der Waals surface area contributed by atoms with Crippen molar-refractivity contribution in [2.24, 2.45) is 0 Å². The van der Waals surface area contributed by atoms with E-state index in [0.29, 0.717) is 11.4 Å². The SMILES string of the molecule is COc1ccc(-c2cc(C(=O)NCc3ccccc3OC)sc2C)cc1. The van der Waals surface area contributed by atoms with Crippen LogP contribution in [0.1, 0.15) is 20.1 Å². The molecule has 1 amide bonds. The number of para-hydroxylation sites is 1. The molecule has 0 bridgehead atoms. The zero-order valence-corrected chi connectivity index (χ0v) is 15.9. The smallest absolute Gasteiger partial charge is 0.261 e. The molecule has 134 valence electrons. The third-order valence-electron chi connectivity index (χ3n) is 4.17. The van der Waals surface area contributed by atoms with E-state index in [-0.39, 0.29) is 5.91 Å². The average Bonchev–Trinajstić information content (AvgIpc) is 3.08. The summed E-state index contributed by atoms with van der Waals surface area (Å²) in [6, 6.07) is 17.5. The summed E-state index contributed by atoms with van der Waals surface area (Å²) >= 11 is 1.50. The molecule has 5 heteroatoms. The highest BCUT2D eigenvalue weighted by Gasteiger charge is 2.14. The second-order valence-corrected chi connectivity index (χ2v) is 7.06. The number of nitrogens with one attached hydrogen (secondary N) is 1. The van der Waals surface area contributed by atoms with E-state index in [2.05, 4.69) is 5.32 Å². The molecule has 1 N–H and O–H groups in total. The number of aryl methyl sites for hydroxylation is 1. The average molecular weight is 367 g/mol. The van der Waals surface area contributed by atoms with Gasteiger partial charge in [0, 0.05) is 17.0 Å². The molecule has 0 spiro atoms. The first kappa shape index (κ1) is 18.0. The highest BCUT2D eigenvalue weighted by Crippen LogP contribution is 2.32. The Hall–Kier alpha value is -2.79. The molecule has 0 saturated carbocycles. The second kappa shape index (κ2) is 8.06. The minimum absolute atomic E-state index is 0.0798. The van der Waals surface area contributed by atoms with Crippen molar-refractivity contribution in [3.63, 3.8) is 0 Å². The van der Waals surface area contributed by atoms with Crippen molar-refractivity contribution in [1.82, 2.24) is 5.32 Å². The topological polar surface area (TPSA) is 47.6 Å². The summed E-state index contributed by atoms with van der Waals surface area (Å²) in [4.78, 5) is 14.4. The van der Waals surface area contributed by atoms with E-state index in [0.717, 1.165) is 33.1 Å². The van der Waals surface area contributed by atoms with Gasteiger partial charge in [-0.2, -0.15) is 0 Å². The van der Waals surface area contributed by atoms with Crippen LogP contribution in [0.3, 0.4) is 0 Å². The lowest BCUT2D eigenvalue weighted by Crippen LogP contribution is -2.22. The molecule has 3 rings (SSSR count). The van der Waals surface area contributed by atoms with Gasteiger partial charge in [-0.3, -0.25) is 4.79 Å². The third-order valence-corrected chi connectivity index (χ3v) is 5.22. The number of carbonyl (C=O) groups is 1. The number of ether oxygens (including phenoxy) is 2. The van der Waals surface area contributed by atoms with Gasteiger partial charge in [0.2, 0.25) is 0 Å². The molecule has 0 radical (unpaired) electrons. The normalized spacial score (nSPS) is 10.4. The summed E-state index contributed by atoms with van der Waals surface area (Å²) in [7, 11) is 3.28. The molecule has 0 aliphatic rings. The highest BCUT2D eigenvalue weighted by molar-refractivity contribution is 7.14. The quantitative estimate of drug-likeness (QED) is 0.689. The van der Waals surface area contributed by atoms with Crippen LogP contribution in [-0.4, -0.2) is 20.1 Å². The van der Waals surface area contributed by atoms with E-state index >= 15 is 0 Å². The van der Waals surface area contributed by atoms with Gasteiger partial charge in [-0.15, -0.1) is 11.3 Å². The van der Waals surface area contributed by atoms with Gasteiger partial charge < -0.3 is 14.8 Å². The molecule has 0 aliphatic carbocycles. The maximum Gasteiger partial charge on any atom is 0.261 e. The molecule has 0 saturated heterocycles. The molecular formula is C21H21NO3S. The zero-order chi connectivity index (χ0) is 18.5. The monoisotopic (exact) mass is 367 g/mol. The van der Waals surface area contributed by atoms with E-state index < -0.39 is 0 Å². The lowest BCUT2D eigenvalue weighted by atomic mass is 10.1. The van der Waals surface area contributed by atoms with Crippen molar-refractivity contribution in [2.45, 2.75) is 13.5 Å². The number of amides is 1. The van der Waals surface area contributed by atoms with Gasteiger partial charge in [-0.1, -0.05) is 30.3 Å². The maximum absolute atomic E-state index is 12.6. The summed E-state index contributed by atoms with van der Waals surface area (Å²) in [5.74, 6) is 1.51. The minimum Gasteiger partial charge on any atom is -0.497 e. The Morgan fingerprint density at radius 3 is 2.46 bits per heavy atom. The van der Waals surface area contributed by atoms with Crippen LogP contribution in [0.4, 0.5) is 0 Å². The maximum atomic E-state index is 12.6. The van der Waals surface area contributed by atoms with Crippen LogP contribution in [-0.2, 0) is 6.54 Å². The van der Waals surface area contributed by atoms with Gasteiger partial charge >= 0.3 is 0 Å². The van der Waals surface area contributed by atoms with Crippen LogP contribution in [0.15, 0.2) is 54.6 Å². The van der Waals surface area contributed by atoms with Gasteiger partial charge in [0.25, 0.3) is 5.91 Å². The van der Waals surface area contributed by atoms with Gasteiger partial charge in [0.15, 0.2) is 0 Å². The van der Waals surface area contributed by atoms with Gasteiger partial charge in [0.1, 0.15) is 11.5 Å². The molecular weight excluding hydrogens is 346 g/mol. The molecule has 4 nitrogen and oxygen atoms in total. The lowest BCUT2D eigenvalue weighted by Gasteiger charge is -2.08. The van der Waals surface area contributed by atoms with Gasteiger partial charge in [0.05, 0.1) is 19.1 Å². The predicted molar refractivity (Wildman–Crippen MR) is 105 cm³/mol. The van der Waals surface area contributed by atoms with E-state index in [4.69, 9.17) is 9.47 Å². The third kappa shape index (κ3) is 3.89. The van der Waals surface area contributed by atoms with Crippen LogP contribution in [0.2, 0.25) is 0 Å². The molecule has 1 aromatic heterocycles. The van der Waals surface area contributed by atoms with Crippen molar-refractivity contribution in [1.29, 1.82) is 0 Å². The molecule has 0 atom stereocenters. The first-order valence-corrected chi connectivity index (χ1v) is 9.09. The first-order chi connectivity index (χ1) is 12.6. The van der Waals surface area contributed by atoms with Gasteiger partial charge in [-0.05, 0) is 42.3 Å². The number of hydrogen-bond donors (Lipinski definition) is 1. The van der Waals surface area contributed by atoms with Gasteiger partial charge in [-0.25, -0.2) is 0 Å². The second-order valence-electron chi connectivity index (χ2n) is 5.80. The van der Waals surface area contributed by atoms with Crippen molar-refractivity contribution >= 4 is 17.2 Å². The summed E-state index contributed by atoms with van der Waals surface area (Å²) in [5.41, 5.74) is 3.09. The fourth-order valence-electron chi connectivity index (χ4n) is 2.76. The fraction of sp³-hybridized carbons (Fsp3) is 0.190. The zero-order valence-electron chi connectivity index (χ0n) is 15.0. The van der Waals surface area contributed by atoms with Crippen LogP contribution < -0.4 is 14.8 Å². The van der Waals surface area contributed by atoms with Crippen molar-refractivity contribution in [3.8, 4) is 22.6 Å². The largest absolute Gasteiger partial charge is 0.497 e. The standard InChI is InChI=1S/C21H21NO3S/c1-14-18(15-8-10-17(24-2)11-9-15)12-20(26-14)21(23)22-13-16-6-4-5-7-19(16)25-3/h4-12H,13H2,1-3H3,(H,22,23). The van der Waals surface area contributed by atoms with Crippen molar-refractivity contribution < 1.29 is 14.3 Å². The van der Waals surface area contributed by atoms with Crippen LogP contribution in [0.5, 0.6) is 11.5 Å².